The quantitative estimate of drug-likeness (QED) is 0.630. The first-order valence-corrected chi connectivity index (χ1v) is 8.25. The van der Waals surface area contributed by atoms with Gasteiger partial charge in [-0.2, -0.15) is 0 Å². The predicted octanol–water partition coefficient (Wildman–Crippen LogP) is 2.94. The van der Waals surface area contributed by atoms with Gasteiger partial charge in [-0.3, -0.25) is 4.99 Å². The second kappa shape index (κ2) is 8.43. The molecule has 5 nitrogen and oxygen atoms in total. The summed E-state index contributed by atoms with van der Waals surface area (Å²) in [5, 5.41) is 8.73. The van der Waals surface area contributed by atoms with E-state index in [9.17, 15) is 0 Å². The van der Waals surface area contributed by atoms with Crippen molar-refractivity contribution in [1.29, 1.82) is 0 Å². The lowest BCUT2D eigenvalue weighted by Gasteiger charge is -2.15. The summed E-state index contributed by atoms with van der Waals surface area (Å²) in [4.78, 5) is 5.57. The van der Waals surface area contributed by atoms with Crippen LogP contribution in [0.25, 0.3) is 0 Å². The van der Waals surface area contributed by atoms with Crippen molar-refractivity contribution in [3.05, 3.63) is 45.6 Å². The zero-order valence-electron chi connectivity index (χ0n) is 14.0. The molecule has 0 aliphatic rings. The first-order valence-electron chi connectivity index (χ1n) is 7.37. The van der Waals surface area contributed by atoms with Gasteiger partial charge in [0.25, 0.3) is 0 Å². The Labute approximate surface area is 141 Å². The molecule has 0 unspecified atom stereocenters. The zero-order valence-corrected chi connectivity index (χ0v) is 14.8. The fourth-order valence-corrected chi connectivity index (χ4v) is 3.09. The third-order valence-electron chi connectivity index (χ3n) is 3.54. The number of aliphatic imine (C=N–C) groups is 1. The highest BCUT2D eigenvalue weighted by Gasteiger charge is 2.10. The molecule has 0 fully saturated rings. The van der Waals surface area contributed by atoms with E-state index in [1.165, 1.54) is 10.4 Å². The van der Waals surface area contributed by atoms with E-state index < -0.39 is 0 Å². The largest absolute Gasteiger partial charge is 0.493 e. The van der Waals surface area contributed by atoms with Crippen LogP contribution in [0.2, 0.25) is 0 Å². The number of thiophene rings is 1. The van der Waals surface area contributed by atoms with Crippen molar-refractivity contribution in [3.8, 4) is 11.5 Å². The molecule has 0 aliphatic heterocycles. The van der Waals surface area contributed by atoms with Crippen LogP contribution in [-0.2, 0) is 13.1 Å². The van der Waals surface area contributed by atoms with Gasteiger partial charge in [0.1, 0.15) is 0 Å². The summed E-state index contributed by atoms with van der Waals surface area (Å²) < 4.78 is 10.8. The second-order valence-corrected chi connectivity index (χ2v) is 5.96. The van der Waals surface area contributed by atoms with Crippen LogP contribution in [0.15, 0.2) is 34.6 Å². The number of benzene rings is 1. The summed E-state index contributed by atoms with van der Waals surface area (Å²) in [6.45, 7) is 3.48. The minimum absolute atomic E-state index is 0.601. The first-order chi connectivity index (χ1) is 11.2. The van der Waals surface area contributed by atoms with Gasteiger partial charge in [-0.15, -0.1) is 11.3 Å². The van der Waals surface area contributed by atoms with E-state index in [2.05, 4.69) is 34.0 Å². The van der Waals surface area contributed by atoms with Crippen LogP contribution in [0.4, 0.5) is 0 Å². The number of para-hydroxylation sites is 1. The van der Waals surface area contributed by atoms with E-state index in [1.807, 2.05) is 18.2 Å². The van der Waals surface area contributed by atoms with Crippen molar-refractivity contribution in [3.63, 3.8) is 0 Å². The van der Waals surface area contributed by atoms with Gasteiger partial charge in [0.05, 0.1) is 20.8 Å². The van der Waals surface area contributed by atoms with Gasteiger partial charge in [0.2, 0.25) is 0 Å². The number of methoxy groups -OCH3 is 2. The standard InChI is InChI=1S/C17H23N3O2S/c1-12-8-9-23-15(12)11-20-17(18-2)19-10-13-6-5-7-14(21-3)16(13)22-4/h5-9H,10-11H2,1-4H3,(H2,18,19,20). The fourth-order valence-electron chi connectivity index (χ4n) is 2.24. The molecule has 6 heteroatoms. The summed E-state index contributed by atoms with van der Waals surface area (Å²) in [6, 6.07) is 7.96. The number of rotatable bonds is 6. The summed E-state index contributed by atoms with van der Waals surface area (Å²) in [5.41, 5.74) is 2.31. The van der Waals surface area contributed by atoms with Crippen LogP contribution in [-0.4, -0.2) is 27.2 Å². The molecule has 1 aromatic heterocycles. The first kappa shape index (κ1) is 17.1. The number of guanidine groups is 1. The maximum Gasteiger partial charge on any atom is 0.191 e. The van der Waals surface area contributed by atoms with Crippen molar-refractivity contribution in [1.82, 2.24) is 10.6 Å². The molecule has 2 N–H and O–H groups in total. The molecule has 0 atom stereocenters. The van der Waals surface area contributed by atoms with Crippen molar-refractivity contribution in [2.75, 3.05) is 21.3 Å². The Hall–Kier alpha value is -2.21. The van der Waals surface area contributed by atoms with E-state index in [4.69, 9.17) is 9.47 Å². The molecule has 0 radical (unpaired) electrons. The molecule has 0 saturated carbocycles. The zero-order chi connectivity index (χ0) is 16.7. The van der Waals surface area contributed by atoms with Crippen molar-refractivity contribution in [2.45, 2.75) is 20.0 Å². The molecule has 1 aromatic carbocycles. The molecule has 2 rings (SSSR count). The molecule has 124 valence electrons. The van der Waals surface area contributed by atoms with E-state index >= 15 is 0 Å². The lowest BCUT2D eigenvalue weighted by atomic mass is 10.2. The molecule has 1 heterocycles. The maximum absolute atomic E-state index is 5.44. The van der Waals surface area contributed by atoms with Gasteiger partial charge in [0, 0.05) is 24.0 Å². The van der Waals surface area contributed by atoms with Gasteiger partial charge in [-0.05, 0) is 30.0 Å². The Kier molecular flexibility index (Phi) is 6.29. The molecule has 23 heavy (non-hydrogen) atoms. The van der Waals surface area contributed by atoms with Crippen LogP contribution >= 0.6 is 11.3 Å². The highest BCUT2D eigenvalue weighted by Crippen LogP contribution is 2.30. The molecular weight excluding hydrogens is 310 g/mol. The highest BCUT2D eigenvalue weighted by molar-refractivity contribution is 7.10. The van der Waals surface area contributed by atoms with E-state index in [0.29, 0.717) is 6.54 Å². The minimum atomic E-state index is 0.601. The van der Waals surface area contributed by atoms with Crippen LogP contribution in [0.3, 0.4) is 0 Å². The number of nitrogens with one attached hydrogen (secondary N) is 2. The van der Waals surface area contributed by atoms with Gasteiger partial charge >= 0.3 is 0 Å². The summed E-state index contributed by atoms with van der Waals surface area (Å²) >= 11 is 1.75. The SMILES string of the molecule is CN=C(NCc1cccc(OC)c1OC)NCc1sccc1C. The van der Waals surface area contributed by atoms with Gasteiger partial charge < -0.3 is 20.1 Å². The van der Waals surface area contributed by atoms with Crippen LogP contribution in [0, 0.1) is 6.92 Å². The average molecular weight is 333 g/mol. The molecule has 0 bridgehead atoms. The third kappa shape index (κ3) is 4.39. The van der Waals surface area contributed by atoms with Crippen molar-refractivity contribution in [2.24, 2.45) is 4.99 Å². The minimum Gasteiger partial charge on any atom is -0.493 e. The van der Waals surface area contributed by atoms with E-state index in [0.717, 1.165) is 29.6 Å². The Morgan fingerprint density at radius 3 is 2.52 bits per heavy atom. The third-order valence-corrected chi connectivity index (χ3v) is 4.56. The lowest BCUT2D eigenvalue weighted by molar-refractivity contribution is 0.351. The number of hydrogen-bond acceptors (Lipinski definition) is 4. The van der Waals surface area contributed by atoms with Crippen LogP contribution < -0.4 is 20.1 Å². The maximum atomic E-state index is 5.44. The Bertz CT molecular complexity index is 668. The number of nitrogens with zero attached hydrogens (tertiary/aromatic N) is 1. The summed E-state index contributed by atoms with van der Waals surface area (Å²) in [7, 11) is 5.05. The monoisotopic (exact) mass is 333 g/mol. The lowest BCUT2D eigenvalue weighted by Crippen LogP contribution is -2.36. The molecule has 0 amide bonds. The van der Waals surface area contributed by atoms with E-state index in [1.54, 1.807) is 32.6 Å². The normalized spacial score (nSPS) is 11.2. The van der Waals surface area contributed by atoms with Crippen LogP contribution in [0.1, 0.15) is 16.0 Å². The smallest absolute Gasteiger partial charge is 0.191 e. The summed E-state index contributed by atoms with van der Waals surface area (Å²) in [6.07, 6.45) is 0. The molecule has 0 saturated heterocycles. The highest BCUT2D eigenvalue weighted by atomic mass is 32.1. The van der Waals surface area contributed by atoms with Crippen molar-refractivity contribution >= 4 is 17.3 Å². The van der Waals surface area contributed by atoms with Crippen LogP contribution in [0.5, 0.6) is 11.5 Å². The fraction of sp³-hybridized carbons (Fsp3) is 0.353. The number of aryl methyl sites for hydroxylation is 1. The molecule has 2 aromatic rings. The number of ether oxygens (including phenoxy) is 2. The Morgan fingerprint density at radius 2 is 1.91 bits per heavy atom. The average Bonchev–Trinajstić information content (AvgIpc) is 2.99. The number of hydrogen-bond donors (Lipinski definition) is 2. The van der Waals surface area contributed by atoms with Gasteiger partial charge in [0.15, 0.2) is 17.5 Å². The van der Waals surface area contributed by atoms with Crippen molar-refractivity contribution < 1.29 is 9.47 Å². The molecular formula is C17H23N3O2S. The van der Waals surface area contributed by atoms with Gasteiger partial charge in [-0.25, -0.2) is 0 Å². The summed E-state index contributed by atoms with van der Waals surface area (Å²) in [5.74, 6) is 2.22. The topological polar surface area (TPSA) is 54.9 Å². The van der Waals surface area contributed by atoms with Gasteiger partial charge in [-0.1, -0.05) is 12.1 Å². The Balaban J connectivity index is 1.97. The predicted molar refractivity (Wildman–Crippen MR) is 95.6 cm³/mol. The second-order valence-electron chi connectivity index (χ2n) is 4.96. The Morgan fingerprint density at radius 1 is 1.13 bits per heavy atom. The molecule has 0 spiro atoms. The van der Waals surface area contributed by atoms with E-state index in [-0.39, 0.29) is 0 Å². The molecule has 0 aliphatic carbocycles.